The average molecular weight is 172 g/mol. The SMILES string of the molecule is c1csc(SC[C@@H]2CO2)c1. The predicted octanol–water partition coefficient (Wildman–Crippen LogP) is 2.24. The van der Waals surface area contributed by atoms with E-state index in [1.54, 1.807) is 11.3 Å². The van der Waals surface area contributed by atoms with Crippen LogP contribution in [0.1, 0.15) is 0 Å². The quantitative estimate of drug-likeness (QED) is 0.512. The van der Waals surface area contributed by atoms with Crippen molar-refractivity contribution >= 4 is 23.1 Å². The minimum atomic E-state index is 0.548. The fourth-order valence-electron chi connectivity index (χ4n) is 0.685. The first-order valence-corrected chi connectivity index (χ1v) is 5.09. The van der Waals surface area contributed by atoms with E-state index in [2.05, 4.69) is 17.5 Å². The highest BCUT2D eigenvalue weighted by molar-refractivity contribution is 8.01. The van der Waals surface area contributed by atoms with Crippen molar-refractivity contribution in [2.45, 2.75) is 10.3 Å². The first kappa shape index (κ1) is 6.70. The zero-order valence-corrected chi connectivity index (χ0v) is 7.08. The number of thioether (sulfide) groups is 1. The molecule has 0 aliphatic carbocycles. The van der Waals surface area contributed by atoms with Crippen LogP contribution in [0.5, 0.6) is 0 Å². The molecule has 0 N–H and O–H groups in total. The third-order valence-electron chi connectivity index (χ3n) is 1.31. The van der Waals surface area contributed by atoms with Gasteiger partial charge in [0, 0.05) is 5.75 Å². The lowest BCUT2D eigenvalue weighted by Crippen LogP contribution is -1.86. The van der Waals surface area contributed by atoms with E-state index in [-0.39, 0.29) is 0 Å². The molecule has 1 fully saturated rings. The highest BCUT2D eigenvalue weighted by Gasteiger charge is 2.22. The van der Waals surface area contributed by atoms with Crippen LogP contribution in [-0.2, 0) is 4.74 Å². The Morgan fingerprint density at radius 3 is 3.30 bits per heavy atom. The molecule has 1 atom stereocenters. The van der Waals surface area contributed by atoms with Gasteiger partial charge in [-0.25, -0.2) is 0 Å². The van der Waals surface area contributed by atoms with E-state index < -0.39 is 0 Å². The van der Waals surface area contributed by atoms with Gasteiger partial charge in [0.1, 0.15) is 0 Å². The van der Waals surface area contributed by atoms with E-state index >= 15 is 0 Å². The van der Waals surface area contributed by atoms with Gasteiger partial charge in [0.25, 0.3) is 0 Å². The minimum Gasteiger partial charge on any atom is -0.372 e. The highest BCUT2D eigenvalue weighted by Crippen LogP contribution is 2.27. The molecule has 0 unspecified atom stereocenters. The normalized spacial score (nSPS) is 23.0. The van der Waals surface area contributed by atoms with Crippen molar-refractivity contribution in [3.63, 3.8) is 0 Å². The molecule has 0 amide bonds. The van der Waals surface area contributed by atoms with Crippen LogP contribution in [0.3, 0.4) is 0 Å². The Bertz CT molecular complexity index is 191. The molecule has 2 heterocycles. The second-order valence-corrected chi connectivity index (χ2v) is 4.47. The van der Waals surface area contributed by atoms with Crippen LogP contribution in [0.2, 0.25) is 0 Å². The van der Waals surface area contributed by atoms with Crippen LogP contribution in [0.4, 0.5) is 0 Å². The molecule has 0 bridgehead atoms. The number of hydrogen-bond acceptors (Lipinski definition) is 3. The van der Waals surface area contributed by atoms with Crippen molar-refractivity contribution in [1.29, 1.82) is 0 Å². The smallest absolute Gasteiger partial charge is 0.0903 e. The Morgan fingerprint density at radius 2 is 2.70 bits per heavy atom. The lowest BCUT2D eigenvalue weighted by molar-refractivity contribution is 0.426. The van der Waals surface area contributed by atoms with Gasteiger partial charge in [0.05, 0.1) is 16.9 Å². The maximum atomic E-state index is 5.09. The Balaban J connectivity index is 1.79. The maximum Gasteiger partial charge on any atom is 0.0903 e. The Morgan fingerprint density at radius 1 is 1.80 bits per heavy atom. The van der Waals surface area contributed by atoms with Crippen LogP contribution in [0, 0.1) is 0 Å². The van der Waals surface area contributed by atoms with Crippen LogP contribution in [0.15, 0.2) is 21.7 Å². The largest absolute Gasteiger partial charge is 0.372 e. The second-order valence-electron chi connectivity index (χ2n) is 2.20. The molecule has 0 spiro atoms. The summed E-state index contributed by atoms with van der Waals surface area (Å²) in [5.41, 5.74) is 0. The Kier molecular flexibility index (Phi) is 1.97. The number of hydrogen-bond donors (Lipinski definition) is 0. The summed E-state index contributed by atoms with van der Waals surface area (Å²) in [6, 6.07) is 4.23. The average Bonchev–Trinajstić information content (AvgIpc) is 2.63. The first-order chi connectivity index (χ1) is 4.95. The summed E-state index contributed by atoms with van der Waals surface area (Å²) in [7, 11) is 0. The van der Waals surface area contributed by atoms with Crippen molar-refractivity contribution in [2.24, 2.45) is 0 Å². The fraction of sp³-hybridized carbons (Fsp3) is 0.429. The summed E-state index contributed by atoms with van der Waals surface area (Å²) in [5, 5.41) is 2.11. The van der Waals surface area contributed by atoms with Gasteiger partial charge in [-0.2, -0.15) is 0 Å². The molecular formula is C7H8OS2. The molecule has 1 aliphatic rings. The number of ether oxygens (including phenoxy) is 1. The van der Waals surface area contributed by atoms with Gasteiger partial charge in [-0.1, -0.05) is 6.07 Å². The third-order valence-corrected chi connectivity index (χ3v) is 3.57. The fourth-order valence-corrected chi connectivity index (χ4v) is 2.49. The predicted molar refractivity (Wildman–Crippen MR) is 44.8 cm³/mol. The van der Waals surface area contributed by atoms with Gasteiger partial charge in [0.15, 0.2) is 0 Å². The first-order valence-electron chi connectivity index (χ1n) is 3.23. The standard InChI is InChI=1S/C7H8OS2/c1-2-7(9-3-1)10-5-6-4-8-6/h1-3,6H,4-5H2/t6-/m0/s1. The lowest BCUT2D eigenvalue weighted by atomic mass is 10.6. The summed E-state index contributed by atoms with van der Waals surface area (Å²) < 4.78 is 6.49. The monoisotopic (exact) mass is 172 g/mol. The molecule has 3 heteroatoms. The topological polar surface area (TPSA) is 12.5 Å². The molecule has 0 saturated carbocycles. The van der Waals surface area contributed by atoms with Gasteiger partial charge in [-0.3, -0.25) is 0 Å². The van der Waals surface area contributed by atoms with Crippen LogP contribution in [0.25, 0.3) is 0 Å². The Labute approximate surface area is 68.4 Å². The van der Waals surface area contributed by atoms with Crippen molar-refractivity contribution in [3.05, 3.63) is 17.5 Å². The molecule has 1 nitrogen and oxygen atoms in total. The summed E-state index contributed by atoms with van der Waals surface area (Å²) >= 11 is 3.69. The molecule has 1 saturated heterocycles. The molecule has 0 aromatic carbocycles. The van der Waals surface area contributed by atoms with Crippen LogP contribution >= 0.6 is 23.1 Å². The highest BCUT2D eigenvalue weighted by atomic mass is 32.2. The Hall–Kier alpha value is 0.01000. The van der Waals surface area contributed by atoms with Gasteiger partial charge < -0.3 is 4.74 Å². The van der Waals surface area contributed by atoms with E-state index in [1.165, 1.54) is 4.21 Å². The number of rotatable bonds is 3. The molecule has 2 rings (SSSR count). The molecule has 1 aromatic rings. The van der Waals surface area contributed by atoms with Crippen molar-refractivity contribution in [2.75, 3.05) is 12.4 Å². The van der Waals surface area contributed by atoms with E-state index in [9.17, 15) is 0 Å². The molecular weight excluding hydrogens is 164 g/mol. The van der Waals surface area contributed by atoms with Crippen LogP contribution < -0.4 is 0 Å². The summed E-state index contributed by atoms with van der Waals surface area (Å²) in [6.45, 7) is 0.971. The molecule has 1 aromatic heterocycles. The summed E-state index contributed by atoms with van der Waals surface area (Å²) in [5.74, 6) is 1.13. The summed E-state index contributed by atoms with van der Waals surface area (Å²) in [4.78, 5) is 0. The van der Waals surface area contributed by atoms with Gasteiger partial charge >= 0.3 is 0 Å². The van der Waals surface area contributed by atoms with Crippen molar-refractivity contribution in [1.82, 2.24) is 0 Å². The third kappa shape index (κ3) is 1.75. The summed E-state index contributed by atoms with van der Waals surface area (Å²) in [6.07, 6.45) is 0.548. The lowest BCUT2D eigenvalue weighted by Gasteiger charge is -1.90. The minimum absolute atomic E-state index is 0.548. The number of epoxide rings is 1. The zero-order valence-electron chi connectivity index (χ0n) is 5.45. The zero-order chi connectivity index (χ0) is 6.81. The molecule has 0 radical (unpaired) electrons. The number of thiophene rings is 1. The van der Waals surface area contributed by atoms with E-state index in [4.69, 9.17) is 4.74 Å². The van der Waals surface area contributed by atoms with Gasteiger partial charge in [-0.05, 0) is 11.4 Å². The molecule has 54 valence electrons. The van der Waals surface area contributed by atoms with E-state index in [1.807, 2.05) is 11.8 Å². The second kappa shape index (κ2) is 2.95. The molecule has 10 heavy (non-hydrogen) atoms. The van der Waals surface area contributed by atoms with Crippen molar-refractivity contribution < 1.29 is 4.74 Å². The van der Waals surface area contributed by atoms with Gasteiger partial charge in [0.2, 0.25) is 0 Å². The van der Waals surface area contributed by atoms with Crippen molar-refractivity contribution in [3.8, 4) is 0 Å². The molecule has 1 aliphatic heterocycles. The maximum absolute atomic E-state index is 5.09. The van der Waals surface area contributed by atoms with E-state index in [0.29, 0.717) is 6.10 Å². The van der Waals surface area contributed by atoms with Crippen LogP contribution in [-0.4, -0.2) is 18.5 Å². The van der Waals surface area contributed by atoms with Gasteiger partial charge in [-0.15, -0.1) is 23.1 Å². The van der Waals surface area contributed by atoms with E-state index in [0.717, 1.165) is 12.4 Å².